The van der Waals surface area contributed by atoms with E-state index < -0.39 is 0 Å². The van der Waals surface area contributed by atoms with Gasteiger partial charge >= 0.3 is 0 Å². The predicted molar refractivity (Wildman–Crippen MR) is 63.0 cm³/mol. The van der Waals surface area contributed by atoms with Gasteiger partial charge in [0.25, 0.3) is 5.91 Å². The topological polar surface area (TPSA) is 38.1 Å². The molecule has 0 N–H and O–H groups in total. The molecule has 0 radical (unpaired) electrons. The van der Waals surface area contributed by atoms with E-state index in [1.807, 2.05) is 19.9 Å². The lowest BCUT2D eigenvalue weighted by molar-refractivity contribution is 0.0774. The number of carbonyl (C=O) groups excluding carboxylic acids is 1. The minimum absolute atomic E-state index is 0.0600. The Morgan fingerprint density at radius 1 is 1.62 bits per heavy atom. The second-order valence-electron chi connectivity index (χ2n) is 3.52. The standard InChI is InChI=1S/C12H17N3O/c1-5-8-15(7-3)12(16)11-9-10(6-2)13-14(11)4/h1,9H,6-8H2,2-4H3. The third kappa shape index (κ3) is 2.43. The second kappa shape index (κ2) is 5.36. The summed E-state index contributed by atoms with van der Waals surface area (Å²) in [6.07, 6.45) is 6.05. The van der Waals surface area contributed by atoms with Gasteiger partial charge in [-0.1, -0.05) is 12.8 Å². The zero-order valence-corrected chi connectivity index (χ0v) is 10.0. The number of aromatic nitrogens is 2. The van der Waals surface area contributed by atoms with E-state index in [-0.39, 0.29) is 5.91 Å². The Labute approximate surface area is 96.2 Å². The molecule has 0 fully saturated rings. The minimum Gasteiger partial charge on any atom is -0.326 e. The number of terminal acetylenes is 1. The Hall–Kier alpha value is -1.76. The van der Waals surface area contributed by atoms with Crippen molar-refractivity contribution in [1.29, 1.82) is 0 Å². The molecule has 0 aliphatic carbocycles. The van der Waals surface area contributed by atoms with Crippen LogP contribution in [0.4, 0.5) is 0 Å². The third-order valence-corrected chi connectivity index (χ3v) is 2.46. The van der Waals surface area contributed by atoms with Crippen molar-refractivity contribution in [2.24, 2.45) is 7.05 Å². The summed E-state index contributed by atoms with van der Waals surface area (Å²) in [5.74, 6) is 2.43. The molecule has 0 aliphatic heterocycles. The van der Waals surface area contributed by atoms with Crippen LogP contribution in [-0.4, -0.2) is 33.7 Å². The molecule has 0 bridgehead atoms. The van der Waals surface area contributed by atoms with E-state index >= 15 is 0 Å². The number of amides is 1. The first-order chi connectivity index (χ1) is 7.63. The van der Waals surface area contributed by atoms with E-state index in [0.717, 1.165) is 12.1 Å². The van der Waals surface area contributed by atoms with Gasteiger partial charge < -0.3 is 4.90 Å². The van der Waals surface area contributed by atoms with E-state index in [2.05, 4.69) is 11.0 Å². The SMILES string of the molecule is C#CCN(CC)C(=O)c1cc(CC)nn1C. The van der Waals surface area contributed by atoms with Crippen molar-refractivity contribution < 1.29 is 4.79 Å². The minimum atomic E-state index is -0.0600. The lowest BCUT2D eigenvalue weighted by atomic mass is 10.3. The van der Waals surface area contributed by atoms with Crippen LogP contribution in [0.15, 0.2) is 6.07 Å². The molecule has 0 aromatic carbocycles. The second-order valence-corrected chi connectivity index (χ2v) is 3.52. The van der Waals surface area contributed by atoms with Gasteiger partial charge in [-0.15, -0.1) is 6.42 Å². The average Bonchev–Trinajstić information content (AvgIpc) is 2.66. The van der Waals surface area contributed by atoms with Crippen molar-refractivity contribution in [1.82, 2.24) is 14.7 Å². The Morgan fingerprint density at radius 2 is 2.31 bits per heavy atom. The first-order valence-corrected chi connectivity index (χ1v) is 5.39. The van der Waals surface area contributed by atoms with Crippen LogP contribution in [0.3, 0.4) is 0 Å². The van der Waals surface area contributed by atoms with Crippen LogP contribution in [0.1, 0.15) is 30.0 Å². The van der Waals surface area contributed by atoms with Crippen LogP contribution >= 0.6 is 0 Å². The van der Waals surface area contributed by atoms with Gasteiger partial charge in [-0.2, -0.15) is 5.10 Å². The maximum absolute atomic E-state index is 12.1. The maximum atomic E-state index is 12.1. The smallest absolute Gasteiger partial charge is 0.272 e. The van der Waals surface area contributed by atoms with E-state index in [1.54, 1.807) is 16.6 Å². The zero-order valence-electron chi connectivity index (χ0n) is 10.0. The number of hydrogen-bond donors (Lipinski definition) is 0. The molecule has 1 aromatic heterocycles. The van der Waals surface area contributed by atoms with Crippen molar-refractivity contribution in [3.05, 3.63) is 17.5 Å². The monoisotopic (exact) mass is 219 g/mol. The molecule has 1 aromatic rings. The van der Waals surface area contributed by atoms with E-state index in [9.17, 15) is 4.79 Å². The molecule has 0 saturated heterocycles. The first kappa shape index (κ1) is 12.3. The average molecular weight is 219 g/mol. The molecule has 0 unspecified atom stereocenters. The highest BCUT2D eigenvalue weighted by atomic mass is 16.2. The highest BCUT2D eigenvalue weighted by molar-refractivity contribution is 5.92. The van der Waals surface area contributed by atoms with E-state index in [0.29, 0.717) is 18.8 Å². The Morgan fingerprint density at radius 3 is 2.75 bits per heavy atom. The Balaban J connectivity index is 2.94. The van der Waals surface area contributed by atoms with Gasteiger partial charge in [-0.05, 0) is 19.4 Å². The quantitative estimate of drug-likeness (QED) is 0.711. The molecule has 16 heavy (non-hydrogen) atoms. The predicted octanol–water partition coefficient (Wildman–Crippen LogP) is 1.08. The fraction of sp³-hybridized carbons (Fsp3) is 0.500. The summed E-state index contributed by atoms with van der Waals surface area (Å²) in [4.78, 5) is 13.7. The number of hydrogen-bond acceptors (Lipinski definition) is 2. The maximum Gasteiger partial charge on any atom is 0.272 e. The van der Waals surface area contributed by atoms with Crippen LogP contribution in [0.25, 0.3) is 0 Å². The summed E-state index contributed by atoms with van der Waals surface area (Å²) < 4.78 is 1.61. The molecule has 0 spiro atoms. The molecule has 86 valence electrons. The lowest BCUT2D eigenvalue weighted by Crippen LogP contribution is -2.32. The van der Waals surface area contributed by atoms with E-state index in [4.69, 9.17) is 6.42 Å². The van der Waals surface area contributed by atoms with Gasteiger partial charge in [0.1, 0.15) is 5.69 Å². The first-order valence-electron chi connectivity index (χ1n) is 5.39. The van der Waals surface area contributed by atoms with Gasteiger partial charge in [-0.3, -0.25) is 9.48 Å². The summed E-state index contributed by atoms with van der Waals surface area (Å²) in [5.41, 5.74) is 1.51. The normalized spacial score (nSPS) is 9.88. The molecule has 4 heteroatoms. The van der Waals surface area contributed by atoms with Gasteiger partial charge in [0.05, 0.1) is 12.2 Å². The van der Waals surface area contributed by atoms with Gasteiger partial charge in [0, 0.05) is 13.6 Å². The summed E-state index contributed by atoms with van der Waals surface area (Å²) in [6.45, 7) is 4.86. The highest BCUT2D eigenvalue weighted by Crippen LogP contribution is 2.07. The van der Waals surface area contributed by atoms with E-state index in [1.165, 1.54) is 0 Å². The number of rotatable bonds is 4. The van der Waals surface area contributed by atoms with Crippen LogP contribution in [0.2, 0.25) is 0 Å². The van der Waals surface area contributed by atoms with Gasteiger partial charge in [-0.25, -0.2) is 0 Å². The molecule has 1 heterocycles. The number of nitrogens with zero attached hydrogens (tertiary/aromatic N) is 3. The largest absolute Gasteiger partial charge is 0.326 e. The van der Waals surface area contributed by atoms with Crippen molar-refractivity contribution >= 4 is 5.91 Å². The van der Waals surface area contributed by atoms with Crippen molar-refractivity contribution in [3.63, 3.8) is 0 Å². The highest BCUT2D eigenvalue weighted by Gasteiger charge is 2.17. The fourth-order valence-corrected chi connectivity index (χ4v) is 1.50. The van der Waals surface area contributed by atoms with Crippen LogP contribution < -0.4 is 0 Å². The van der Waals surface area contributed by atoms with Crippen molar-refractivity contribution in [2.75, 3.05) is 13.1 Å². The molecule has 4 nitrogen and oxygen atoms in total. The number of aryl methyl sites for hydroxylation is 2. The Bertz CT molecular complexity index is 414. The molecular formula is C12H17N3O. The fourth-order valence-electron chi connectivity index (χ4n) is 1.50. The molecule has 0 atom stereocenters. The third-order valence-electron chi connectivity index (χ3n) is 2.46. The Kier molecular flexibility index (Phi) is 4.12. The van der Waals surface area contributed by atoms with Crippen LogP contribution in [-0.2, 0) is 13.5 Å². The van der Waals surface area contributed by atoms with Crippen molar-refractivity contribution in [3.8, 4) is 12.3 Å². The van der Waals surface area contributed by atoms with Gasteiger partial charge in [0.15, 0.2) is 0 Å². The summed E-state index contributed by atoms with van der Waals surface area (Å²) >= 11 is 0. The zero-order chi connectivity index (χ0) is 12.1. The summed E-state index contributed by atoms with van der Waals surface area (Å²) in [7, 11) is 1.77. The van der Waals surface area contributed by atoms with Crippen molar-refractivity contribution in [2.45, 2.75) is 20.3 Å². The molecule has 0 aliphatic rings. The van der Waals surface area contributed by atoms with Gasteiger partial charge in [0.2, 0.25) is 0 Å². The molecule has 1 rings (SSSR count). The number of carbonyl (C=O) groups is 1. The summed E-state index contributed by atoms with van der Waals surface area (Å²) in [5, 5.41) is 4.24. The molecular weight excluding hydrogens is 202 g/mol. The van der Waals surface area contributed by atoms with Crippen LogP contribution in [0.5, 0.6) is 0 Å². The lowest BCUT2D eigenvalue weighted by Gasteiger charge is -2.17. The summed E-state index contributed by atoms with van der Waals surface area (Å²) in [6, 6.07) is 1.82. The van der Waals surface area contributed by atoms with Crippen LogP contribution in [0, 0.1) is 12.3 Å². The molecule has 0 saturated carbocycles. The molecule has 1 amide bonds.